The fraction of sp³-hybridized carbons (Fsp3) is 0.682. The third kappa shape index (κ3) is 3.18. The zero-order valence-electron chi connectivity index (χ0n) is 15.7. The summed E-state index contributed by atoms with van der Waals surface area (Å²) in [6.07, 6.45) is 7.64. The molecule has 4 nitrogen and oxygen atoms in total. The molecule has 4 heteroatoms. The van der Waals surface area contributed by atoms with Gasteiger partial charge in [-0.05, 0) is 61.8 Å². The molecule has 1 N–H and O–H groups in total. The summed E-state index contributed by atoms with van der Waals surface area (Å²) < 4.78 is 0. The number of amides is 1. The Morgan fingerprint density at radius 1 is 0.923 bits per heavy atom. The molecule has 140 valence electrons. The van der Waals surface area contributed by atoms with Gasteiger partial charge < -0.3 is 0 Å². The van der Waals surface area contributed by atoms with Crippen molar-refractivity contribution < 1.29 is 4.79 Å². The number of nitrogens with one attached hydrogen (secondary N) is 1. The zero-order valence-corrected chi connectivity index (χ0v) is 15.7. The molecule has 0 aromatic heterocycles. The zero-order chi connectivity index (χ0) is 17.6. The molecule has 6 rings (SSSR count). The molecule has 1 aliphatic heterocycles. The molecule has 0 unspecified atom stereocenters. The summed E-state index contributed by atoms with van der Waals surface area (Å²) >= 11 is 0. The lowest BCUT2D eigenvalue weighted by atomic mass is 9.49. The Kier molecular flexibility index (Phi) is 4.29. The van der Waals surface area contributed by atoms with Gasteiger partial charge in [-0.3, -0.25) is 15.1 Å². The van der Waals surface area contributed by atoms with Gasteiger partial charge in [-0.15, -0.1) is 0 Å². The SMILES string of the molecule is O=C(NN1CCN(Cc2ccccc2)CC1)C12CC3CC(CC(C3)C1)C2. The minimum atomic E-state index is -0.0318. The molecule has 5 fully saturated rings. The van der Waals surface area contributed by atoms with Gasteiger partial charge in [0.25, 0.3) is 0 Å². The molecule has 4 aliphatic carbocycles. The second-order valence-electron chi connectivity index (χ2n) is 9.39. The average molecular weight is 354 g/mol. The smallest absolute Gasteiger partial charge is 0.240 e. The number of rotatable bonds is 4. The third-order valence-electron chi connectivity index (χ3n) is 7.40. The van der Waals surface area contributed by atoms with E-state index in [2.05, 4.69) is 45.7 Å². The van der Waals surface area contributed by atoms with Crippen LogP contribution >= 0.6 is 0 Å². The van der Waals surface area contributed by atoms with Crippen molar-refractivity contribution >= 4 is 5.91 Å². The Labute approximate surface area is 156 Å². The topological polar surface area (TPSA) is 35.6 Å². The molecule has 0 radical (unpaired) electrons. The van der Waals surface area contributed by atoms with Gasteiger partial charge in [0.15, 0.2) is 0 Å². The Morgan fingerprint density at radius 2 is 1.50 bits per heavy atom. The molecule has 4 saturated carbocycles. The van der Waals surface area contributed by atoms with E-state index in [0.717, 1.165) is 69.7 Å². The fourth-order valence-corrected chi connectivity index (χ4v) is 6.51. The van der Waals surface area contributed by atoms with Crippen LogP contribution in [0.25, 0.3) is 0 Å². The van der Waals surface area contributed by atoms with Crippen molar-refractivity contribution in [1.29, 1.82) is 0 Å². The first-order valence-electron chi connectivity index (χ1n) is 10.5. The van der Waals surface area contributed by atoms with E-state index in [1.54, 1.807) is 0 Å². The molecule has 1 saturated heterocycles. The van der Waals surface area contributed by atoms with Crippen molar-refractivity contribution in [2.75, 3.05) is 26.2 Å². The van der Waals surface area contributed by atoms with Crippen LogP contribution in [0, 0.1) is 23.2 Å². The van der Waals surface area contributed by atoms with Crippen molar-refractivity contribution in [3.63, 3.8) is 0 Å². The van der Waals surface area contributed by atoms with Crippen molar-refractivity contribution in [1.82, 2.24) is 15.3 Å². The van der Waals surface area contributed by atoms with E-state index in [1.807, 2.05) is 0 Å². The van der Waals surface area contributed by atoms with Crippen LogP contribution in [0.2, 0.25) is 0 Å². The van der Waals surface area contributed by atoms with Gasteiger partial charge >= 0.3 is 0 Å². The van der Waals surface area contributed by atoms with E-state index in [0.29, 0.717) is 5.91 Å². The standard InChI is InChI=1S/C22H31N3O/c26-21(22-13-18-10-19(14-22)12-20(11-18)15-22)23-25-8-6-24(7-9-25)16-17-4-2-1-3-5-17/h1-5,18-20H,6-16H2,(H,23,26). The summed E-state index contributed by atoms with van der Waals surface area (Å²) in [5.74, 6) is 2.83. The summed E-state index contributed by atoms with van der Waals surface area (Å²) in [6.45, 7) is 4.93. The largest absolute Gasteiger partial charge is 0.296 e. The van der Waals surface area contributed by atoms with Crippen molar-refractivity contribution in [3.8, 4) is 0 Å². The lowest BCUT2D eigenvalue weighted by Crippen LogP contribution is -2.59. The van der Waals surface area contributed by atoms with E-state index in [4.69, 9.17) is 0 Å². The Balaban J connectivity index is 1.15. The van der Waals surface area contributed by atoms with E-state index in [-0.39, 0.29) is 5.41 Å². The summed E-state index contributed by atoms with van der Waals surface area (Å²) in [7, 11) is 0. The molecule has 1 amide bonds. The van der Waals surface area contributed by atoms with E-state index < -0.39 is 0 Å². The normalized spacial score (nSPS) is 37.0. The lowest BCUT2D eigenvalue weighted by Gasteiger charge is -2.56. The number of nitrogens with zero attached hydrogens (tertiary/aromatic N) is 2. The lowest BCUT2D eigenvalue weighted by molar-refractivity contribution is -0.152. The molecular weight excluding hydrogens is 322 g/mol. The summed E-state index contributed by atoms with van der Waals surface area (Å²) in [5.41, 5.74) is 4.67. The number of carbonyl (C=O) groups excluding carboxylic acids is 1. The van der Waals surface area contributed by atoms with Crippen LogP contribution in [0.5, 0.6) is 0 Å². The van der Waals surface area contributed by atoms with Crippen LogP contribution in [0.1, 0.15) is 44.1 Å². The van der Waals surface area contributed by atoms with Gasteiger partial charge in [-0.1, -0.05) is 30.3 Å². The minimum absolute atomic E-state index is 0.0318. The molecule has 4 bridgehead atoms. The monoisotopic (exact) mass is 353 g/mol. The summed E-state index contributed by atoms with van der Waals surface area (Å²) in [4.78, 5) is 15.7. The first kappa shape index (κ1) is 16.8. The molecule has 0 atom stereocenters. The van der Waals surface area contributed by atoms with Gasteiger partial charge in [-0.2, -0.15) is 0 Å². The minimum Gasteiger partial charge on any atom is -0.296 e. The Hall–Kier alpha value is -1.39. The number of benzene rings is 1. The number of hydrazine groups is 1. The van der Waals surface area contributed by atoms with Crippen LogP contribution in [0.4, 0.5) is 0 Å². The molecule has 5 aliphatic rings. The quantitative estimate of drug-likeness (QED) is 0.904. The van der Waals surface area contributed by atoms with E-state index in [9.17, 15) is 4.79 Å². The first-order valence-corrected chi connectivity index (χ1v) is 10.5. The highest BCUT2D eigenvalue weighted by atomic mass is 16.2. The van der Waals surface area contributed by atoms with Crippen LogP contribution in [-0.4, -0.2) is 42.0 Å². The van der Waals surface area contributed by atoms with Gasteiger partial charge in [0.05, 0.1) is 5.41 Å². The molecule has 1 heterocycles. The van der Waals surface area contributed by atoms with E-state index >= 15 is 0 Å². The van der Waals surface area contributed by atoms with Crippen molar-refractivity contribution in [2.24, 2.45) is 23.2 Å². The predicted octanol–water partition coefficient (Wildman–Crippen LogP) is 3.05. The Bertz CT molecular complexity index is 615. The van der Waals surface area contributed by atoms with Crippen molar-refractivity contribution in [2.45, 2.75) is 45.1 Å². The van der Waals surface area contributed by atoms with Gasteiger partial charge in [0, 0.05) is 32.7 Å². The molecule has 1 aromatic carbocycles. The van der Waals surface area contributed by atoms with Crippen molar-refractivity contribution in [3.05, 3.63) is 35.9 Å². The Morgan fingerprint density at radius 3 is 2.08 bits per heavy atom. The van der Waals surface area contributed by atoms with E-state index in [1.165, 1.54) is 24.8 Å². The highest BCUT2D eigenvalue weighted by molar-refractivity contribution is 5.82. The van der Waals surface area contributed by atoms with Crippen LogP contribution in [0.3, 0.4) is 0 Å². The van der Waals surface area contributed by atoms with Gasteiger partial charge in [0.1, 0.15) is 0 Å². The number of hydrogen-bond acceptors (Lipinski definition) is 3. The molecule has 1 aromatic rings. The highest BCUT2D eigenvalue weighted by Gasteiger charge is 2.54. The first-order chi connectivity index (χ1) is 12.7. The predicted molar refractivity (Wildman–Crippen MR) is 102 cm³/mol. The maximum Gasteiger partial charge on any atom is 0.240 e. The number of hydrogen-bond donors (Lipinski definition) is 1. The maximum atomic E-state index is 13.2. The second-order valence-corrected chi connectivity index (χ2v) is 9.39. The van der Waals surface area contributed by atoms with Crippen LogP contribution < -0.4 is 5.43 Å². The maximum absolute atomic E-state index is 13.2. The molecule has 0 spiro atoms. The third-order valence-corrected chi connectivity index (χ3v) is 7.40. The molecular formula is C22H31N3O. The van der Waals surface area contributed by atoms with Crippen LogP contribution in [-0.2, 0) is 11.3 Å². The molecule has 26 heavy (non-hydrogen) atoms. The average Bonchev–Trinajstić information content (AvgIpc) is 2.63. The summed E-state index contributed by atoms with van der Waals surface area (Å²) in [5, 5.41) is 2.18. The summed E-state index contributed by atoms with van der Waals surface area (Å²) in [6, 6.07) is 10.7. The highest BCUT2D eigenvalue weighted by Crippen LogP contribution is 2.60. The van der Waals surface area contributed by atoms with Gasteiger partial charge in [-0.25, -0.2) is 5.01 Å². The van der Waals surface area contributed by atoms with Gasteiger partial charge in [0.2, 0.25) is 5.91 Å². The fourth-order valence-electron chi connectivity index (χ4n) is 6.51. The van der Waals surface area contributed by atoms with Crippen LogP contribution in [0.15, 0.2) is 30.3 Å². The number of piperazine rings is 1. The second kappa shape index (κ2) is 6.65. The number of carbonyl (C=O) groups is 1.